The summed E-state index contributed by atoms with van der Waals surface area (Å²) in [6.07, 6.45) is 0.689. The summed E-state index contributed by atoms with van der Waals surface area (Å²) in [7, 11) is 3.77. The lowest BCUT2D eigenvalue weighted by Crippen LogP contribution is -2.45. The molecule has 0 aliphatic rings. The number of carbonyl (C=O) groups is 2. The van der Waals surface area contributed by atoms with E-state index >= 15 is 0 Å². The molecule has 1 aromatic carbocycles. The summed E-state index contributed by atoms with van der Waals surface area (Å²) >= 11 is 0. The van der Waals surface area contributed by atoms with Crippen molar-refractivity contribution in [3.8, 4) is 0 Å². The Morgan fingerprint density at radius 1 is 1.35 bits per heavy atom. The minimum Gasteiger partial charge on any atom is -0.480 e. The molecule has 0 saturated heterocycles. The van der Waals surface area contributed by atoms with Crippen LogP contribution in [0.25, 0.3) is 0 Å². The number of benzene rings is 1. The zero-order valence-electron chi connectivity index (χ0n) is 12.4. The molecule has 0 saturated carbocycles. The van der Waals surface area contributed by atoms with Crippen molar-refractivity contribution >= 4 is 17.6 Å². The standard InChI is InChI=1S/C15H22N2O3/c1-5-10(2)13(15(19)20)16-14(18)11-7-6-8-12(9-11)17(3)4/h6-10,13H,5H2,1-4H3,(H,16,18)(H,19,20). The van der Waals surface area contributed by atoms with Crippen LogP contribution in [0.15, 0.2) is 24.3 Å². The van der Waals surface area contributed by atoms with E-state index in [4.69, 9.17) is 0 Å². The third-order valence-electron chi connectivity index (χ3n) is 3.39. The van der Waals surface area contributed by atoms with Crippen molar-refractivity contribution in [3.63, 3.8) is 0 Å². The van der Waals surface area contributed by atoms with Crippen molar-refractivity contribution in [1.82, 2.24) is 5.32 Å². The van der Waals surface area contributed by atoms with Crippen LogP contribution in [-0.2, 0) is 4.79 Å². The first-order chi connectivity index (χ1) is 9.36. The Bertz CT molecular complexity index is 486. The van der Waals surface area contributed by atoms with E-state index in [9.17, 15) is 14.7 Å². The van der Waals surface area contributed by atoms with Crippen molar-refractivity contribution in [2.24, 2.45) is 5.92 Å². The van der Waals surface area contributed by atoms with Crippen molar-refractivity contribution in [2.45, 2.75) is 26.3 Å². The fourth-order valence-corrected chi connectivity index (χ4v) is 1.83. The second-order valence-electron chi connectivity index (χ2n) is 5.12. The maximum atomic E-state index is 12.2. The van der Waals surface area contributed by atoms with Crippen molar-refractivity contribution < 1.29 is 14.7 Å². The fraction of sp³-hybridized carbons (Fsp3) is 0.467. The number of aliphatic carboxylic acids is 1. The Morgan fingerprint density at radius 3 is 2.50 bits per heavy atom. The lowest BCUT2D eigenvalue weighted by atomic mass is 9.99. The normalized spacial score (nSPS) is 13.4. The molecular weight excluding hydrogens is 256 g/mol. The summed E-state index contributed by atoms with van der Waals surface area (Å²) in [4.78, 5) is 25.3. The molecule has 5 heteroatoms. The van der Waals surface area contributed by atoms with Crippen LogP contribution in [0.5, 0.6) is 0 Å². The molecule has 0 heterocycles. The third kappa shape index (κ3) is 3.98. The van der Waals surface area contributed by atoms with Crippen LogP contribution in [0.4, 0.5) is 5.69 Å². The van der Waals surface area contributed by atoms with Crippen LogP contribution >= 0.6 is 0 Å². The lowest BCUT2D eigenvalue weighted by molar-refractivity contribution is -0.140. The van der Waals surface area contributed by atoms with E-state index in [2.05, 4.69) is 5.32 Å². The summed E-state index contributed by atoms with van der Waals surface area (Å²) in [5.74, 6) is -1.48. The van der Waals surface area contributed by atoms with Crippen LogP contribution < -0.4 is 10.2 Å². The van der Waals surface area contributed by atoms with E-state index in [-0.39, 0.29) is 11.8 Å². The molecule has 0 radical (unpaired) electrons. The van der Waals surface area contributed by atoms with Gasteiger partial charge in [0.1, 0.15) is 6.04 Å². The van der Waals surface area contributed by atoms with E-state index in [1.165, 1.54) is 0 Å². The fourth-order valence-electron chi connectivity index (χ4n) is 1.83. The van der Waals surface area contributed by atoms with Gasteiger partial charge in [-0.3, -0.25) is 4.79 Å². The smallest absolute Gasteiger partial charge is 0.326 e. The van der Waals surface area contributed by atoms with Gasteiger partial charge in [-0.15, -0.1) is 0 Å². The first-order valence-electron chi connectivity index (χ1n) is 6.67. The number of hydrogen-bond donors (Lipinski definition) is 2. The Kier molecular flexibility index (Phi) is 5.55. The molecule has 0 aliphatic heterocycles. The van der Waals surface area contributed by atoms with Crippen LogP contribution in [0, 0.1) is 5.92 Å². The summed E-state index contributed by atoms with van der Waals surface area (Å²) < 4.78 is 0. The number of hydrogen-bond acceptors (Lipinski definition) is 3. The molecule has 1 aromatic rings. The molecule has 0 bridgehead atoms. The van der Waals surface area contributed by atoms with Gasteiger partial charge in [0, 0.05) is 25.3 Å². The molecule has 2 N–H and O–H groups in total. The first kappa shape index (κ1) is 16.0. The molecule has 2 unspecified atom stereocenters. The second-order valence-corrected chi connectivity index (χ2v) is 5.12. The van der Waals surface area contributed by atoms with Crippen molar-refractivity contribution in [2.75, 3.05) is 19.0 Å². The number of nitrogens with zero attached hydrogens (tertiary/aromatic N) is 1. The second kappa shape index (κ2) is 6.93. The highest BCUT2D eigenvalue weighted by atomic mass is 16.4. The largest absolute Gasteiger partial charge is 0.480 e. The number of carboxylic acids is 1. The van der Waals surface area contributed by atoms with Gasteiger partial charge in [-0.2, -0.15) is 0 Å². The van der Waals surface area contributed by atoms with Gasteiger partial charge in [-0.05, 0) is 24.1 Å². The average molecular weight is 278 g/mol. The number of amides is 1. The Hall–Kier alpha value is -2.04. The van der Waals surface area contributed by atoms with Gasteiger partial charge in [0.2, 0.25) is 0 Å². The SMILES string of the molecule is CCC(C)C(NC(=O)c1cccc(N(C)C)c1)C(=O)O. The predicted octanol–water partition coefficient (Wildman–Crippen LogP) is 1.98. The topological polar surface area (TPSA) is 69.6 Å². The highest BCUT2D eigenvalue weighted by Gasteiger charge is 2.25. The Balaban J connectivity index is 2.89. The highest BCUT2D eigenvalue weighted by Crippen LogP contribution is 2.14. The van der Waals surface area contributed by atoms with E-state index < -0.39 is 12.0 Å². The summed E-state index contributed by atoms with van der Waals surface area (Å²) in [5, 5.41) is 11.8. The molecule has 110 valence electrons. The molecule has 1 rings (SSSR count). The van der Waals surface area contributed by atoms with Gasteiger partial charge < -0.3 is 15.3 Å². The molecule has 20 heavy (non-hydrogen) atoms. The van der Waals surface area contributed by atoms with Gasteiger partial charge in [-0.25, -0.2) is 4.79 Å². The summed E-state index contributed by atoms with van der Waals surface area (Å²) in [6, 6.07) is 6.22. The molecule has 0 aromatic heterocycles. The zero-order chi connectivity index (χ0) is 15.3. The van der Waals surface area contributed by atoms with Gasteiger partial charge >= 0.3 is 5.97 Å². The molecule has 0 fully saturated rings. The monoisotopic (exact) mass is 278 g/mol. The quantitative estimate of drug-likeness (QED) is 0.835. The molecular formula is C15H22N2O3. The Morgan fingerprint density at radius 2 is 2.00 bits per heavy atom. The summed E-state index contributed by atoms with van der Waals surface area (Å²) in [6.45, 7) is 3.72. The maximum absolute atomic E-state index is 12.2. The number of anilines is 1. The minimum absolute atomic E-state index is 0.117. The van der Waals surface area contributed by atoms with Crippen molar-refractivity contribution in [1.29, 1.82) is 0 Å². The van der Waals surface area contributed by atoms with Crippen LogP contribution in [0.3, 0.4) is 0 Å². The minimum atomic E-state index is -1.00. The summed E-state index contributed by atoms with van der Waals surface area (Å²) in [5.41, 5.74) is 1.36. The van der Waals surface area contributed by atoms with E-state index in [0.717, 1.165) is 5.69 Å². The van der Waals surface area contributed by atoms with Crippen LogP contribution in [0.2, 0.25) is 0 Å². The van der Waals surface area contributed by atoms with Gasteiger partial charge in [-0.1, -0.05) is 26.3 Å². The van der Waals surface area contributed by atoms with E-state index in [1.807, 2.05) is 38.9 Å². The Labute approximate surface area is 119 Å². The lowest BCUT2D eigenvalue weighted by Gasteiger charge is -2.20. The van der Waals surface area contributed by atoms with Gasteiger partial charge in [0.15, 0.2) is 0 Å². The highest BCUT2D eigenvalue weighted by molar-refractivity contribution is 5.97. The zero-order valence-corrected chi connectivity index (χ0v) is 12.4. The maximum Gasteiger partial charge on any atom is 0.326 e. The van der Waals surface area contributed by atoms with Gasteiger partial charge in [0.05, 0.1) is 0 Å². The number of nitrogens with one attached hydrogen (secondary N) is 1. The van der Waals surface area contributed by atoms with Gasteiger partial charge in [0.25, 0.3) is 5.91 Å². The predicted molar refractivity (Wildman–Crippen MR) is 79.1 cm³/mol. The molecule has 2 atom stereocenters. The average Bonchev–Trinajstić information content (AvgIpc) is 2.43. The van der Waals surface area contributed by atoms with Crippen LogP contribution in [-0.4, -0.2) is 37.1 Å². The van der Waals surface area contributed by atoms with Crippen molar-refractivity contribution in [3.05, 3.63) is 29.8 Å². The first-order valence-corrected chi connectivity index (χ1v) is 6.67. The van der Waals surface area contributed by atoms with E-state index in [1.54, 1.807) is 18.2 Å². The molecule has 0 aliphatic carbocycles. The number of carboxylic acid groups (broad SMARTS) is 1. The van der Waals surface area contributed by atoms with E-state index in [0.29, 0.717) is 12.0 Å². The molecule has 1 amide bonds. The molecule has 5 nitrogen and oxygen atoms in total. The third-order valence-corrected chi connectivity index (χ3v) is 3.39. The van der Waals surface area contributed by atoms with Crippen LogP contribution in [0.1, 0.15) is 30.6 Å². The molecule has 0 spiro atoms. The number of rotatable bonds is 6. The number of carbonyl (C=O) groups excluding carboxylic acids is 1.